The van der Waals surface area contributed by atoms with Gasteiger partial charge in [0.05, 0.1) is 0 Å². The number of rotatable bonds is 3. The van der Waals surface area contributed by atoms with Crippen LogP contribution in [0.15, 0.2) is 35.0 Å². The van der Waals surface area contributed by atoms with Gasteiger partial charge in [-0.05, 0) is 41.4 Å². The van der Waals surface area contributed by atoms with Gasteiger partial charge in [-0.15, -0.1) is 0 Å². The van der Waals surface area contributed by atoms with Crippen molar-refractivity contribution in [3.8, 4) is 0 Å². The number of aryl methyl sites for hydroxylation is 1. The van der Waals surface area contributed by atoms with Crippen molar-refractivity contribution < 1.29 is 4.79 Å². The number of aromatic nitrogens is 1. The molecule has 0 aromatic carbocycles. The average Bonchev–Trinajstić information content (AvgIpc) is 2.70. The molecule has 0 unspecified atom stereocenters. The summed E-state index contributed by atoms with van der Waals surface area (Å²) in [5.41, 5.74) is 2.50. The Labute approximate surface area is 92.6 Å². The predicted octanol–water partition coefficient (Wildman–Crippen LogP) is 2.88. The van der Waals surface area contributed by atoms with Crippen molar-refractivity contribution in [2.45, 2.75) is 13.3 Å². The predicted molar refractivity (Wildman–Crippen MR) is 61.3 cm³/mol. The molecule has 2 aromatic heterocycles. The SMILES string of the molecule is Cc1cccc(C(=O)Cc2ccsc2)n1. The Bertz CT molecular complexity index is 462. The normalized spacial score (nSPS) is 10.2. The zero-order valence-electron chi connectivity index (χ0n) is 8.43. The fourth-order valence-corrected chi connectivity index (χ4v) is 2.04. The van der Waals surface area contributed by atoms with E-state index in [0.29, 0.717) is 12.1 Å². The molecule has 2 heterocycles. The minimum atomic E-state index is 0.0806. The first kappa shape index (κ1) is 10.1. The van der Waals surface area contributed by atoms with Gasteiger partial charge in [-0.3, -0.25) is 9.78 Å². The highest BCUT2D eigenvalue weighted by atomic mass is 32.1. The monoisotopic (exact) mass is 217 g/mol. The van der Waals surface area contributed by atoms with E-state index in [9.17, 15) is 4.79 Å². The Morgan fingerprint density at radius 1 is 1.40 bits per heavy atom. The topological polar surface area (TPSA) is 30.0 Å². The standard InChI is InChI=1S/C12H11NOS/c1-9-3-2-4-11(13-9)12(14)7-10-5-6-15-8-10/h2-6,8H,7H2,1H3. The molecule has 76 valence electrons. The van der Waals surface area contributed by atoms with E-state index in [1.807, 2.05) is 35.9 Å². The van der Waals surface area contributed by atoms with Gasteiger partial charge in [-0.2, -0.15) is 11.3 Å². The summed E-state index contributed by atoms with van der Waals surface area (Å²) in [5.74, 6) is 0.0806. The van der Waals surface area contributed by atoms with Crippen LogP contribution in [-0.2, 0) is 6.42 Å². The molecule has 0 spiro atoms. The summed E-state index contributed by atoms with van der Waals surface area (Å²) < 4.78 is 0. The molecule has 0 saturated heterocycles. The van der Waals surface area contributed by atoms with Crippen molar-refractivity contribution in [2.24, 2.45) is 0 Å². The van der Waals surface area contributed by atoms with E-state index in [2.05, 4.69) is 4.98 Å². The lowest BCUT2D eigenvalue weighted by Gasteiger charge is -1.99. The van der Waals surface area contributed by atoms with Gasteiger partial charge in [0.25, 0.3) is 0 Å². The van der Waals surface area contributed by atoms with Crippen LogP contribution in [0.2, 0.25) is 0 Å². The molecule has 15 heavy (non-hydrogen) atoms. The highest BCUT2D eigenvalue weighted by Gasteiger charge is 2.08. The van der Waals surface area contributed by atoms with E-state index < -0.39 is 0 Å². The minimum absolute atomic E-state index is 0.0806. The number of hydrogen-bond acceptors (Lipinski definition) is 3. The van der Waals surface area contributed by atoms with Crippen LogP contribution in [0.1, 0.15) is 21.7 Å². The van der Waals surface area contributed by atoms with Crippen molar-refractivity contribution in [3.63, 3.8) is 0 Å². The number of nitrogens with zero attached hydrogens (tertiary/aromatic N) is 1. The molecule has 0 aliphatic carbocycles. The van der Waals surface area contributed by atoms with Gasteiger partial charge in [-0.25, -0.2) is 0 Å². The van der Waals surface area contributed by atoms with E-state index in [0.717, 1.165) is 11.3 Å². The number of ketones is 1. The fraction of sp³-hybridized carbons (Fsp3) is 0.167. The number of carbonyl (C=O) groups is 1. The minimum Gasteiger partial charge on any atom is -0.292 e. The number of pyridine rings is 1. The highest BCUT2D eigenvalue weighted by Crippen LogP contribution is 2.10. The lowest BCUT2D eigenvalue weighted by molar-refractivity contribution is 0.0988. The highest BCUT2D eigenvalue weighted by molar-refractivity contribution is 7.08. The maximum atomic E-state index is 11.8. The van der Waals surface area contributed by atoms with Crippen LogP contribution in [0.5, 0.6) is 0 Å². The summed E-state index contributed by atoms with van der Waals surface area (Å²) in [4.78, 5) is 16.0. The summed E-state index contributed by atoms with van der Waals surface area (Å²) in [7, 11) is 0. The van der Waals surface area contributed by atoms with Crippen LogP contribution >= 0.6 is 11.3 Å². The molecule has 0 aliphatic rings. The Morgan fingerprint density at radius 3 is 2.93 bits per heavy atom. The van der Waals surface area contributed by atoms with Crippen LogP contribution in [-0.4, -0.2) is 10.8 Å². The lowest BCUT2D eigenvalue weighted by Crippen LogP contribution is -2.05. The Kier molecular flexibility index (Phi) is 2.92. The van der Waals surface area contributed by atoms with Crippen LogP contribution in [0, 0.1) is 6.92 Å². The van der Waals surface area contributed by atoms with Crippen molar-refractivity contribution in [3.05, 3.63) is 52.0 Å². The molecule has 0 radical (unpaired) electrons. The zero-order chi connectivity index (χ0) is 10.7. The Morgan fingerprint density at radius 2 is 2.27 bits per heavy atom. The second kappa shape index (κ2) is 4.36. The van der Waals surface area contributed by atoms with Gasteiger partial charge in [0, 0.05) is 12.1 Å². The molecule has 0 aliphatic heterocycles. The van der Waals surface area contributed by atoms with E-state index in [1.54, 1.807) is 17.4 Å². The summed E-state index contributed by atoms with van der Waals surface area (Å²) in [5, 5.41) is 3.97. The van der Waals surface area contributed by atoms with Gasteiger partial charge in [0.15, 0.2) is 5.78 Å². The molecule has 2 aromatic rings. The van der Waals surface area contributed by atoms with Crippen molar-refractivity contribution in [1.29, 1.82) is 0 Å². The summed E-state index contributed by atoms with van der Waals surface area (Å²) >= 11 is 1.61. The number of hydrogen-bond donors (Lipinski definition) is 0. The van der Waals surface area contributed by atoms with Gasteiger partial charge >= 0.3 is 0 Å². The van der Waals surface area contributed by atoms with Crippen LogP contribution < -0.4 is 0 Å². The van der Waals surface area contributed by atoms with Gasteiger partial charge in [0.2, 0.25) is 0 Å². The second-order valence-electron chi connectivity index (χ2n) is 3.40. The second-order valence-corrected chi connectivity index (χ2v) is 4.18. The summed E-state index contributed by atoms with van der Waals surface area (Å²) in [6, 6.07) is 7.49. The number of carbonyl (C=O) groups excluding carboxylic acids is 1. The van der Waals surface area contributed by atoms with Crippen LogP contribution in [0.4, 0.5) is 0 Å². The first-order valence-corrected chi connectivity index (χ1v) is 5.68. The fourth-order valence-electron chi connectivity index (χ4n) is 1.37. The Hall–Kier alpha value is -1.48. The summed E-state index contributed by atoms with van der Waals surface area (Å²) in [6.45, 7) is 1.89. The third-order valence-electron chi connectivity index (χ3n) is 2.12. The lowest BCUT2D eigenvalue weighted by atomic mass is 10.1. The summed E-state index contributed by atoms with van der Waals surface area (Å²) in [6.07, 6.45) is 0.444. The zero-order valence-corrected chi connectivity index (χ0v) is 9.25. The van der Waals surface area contributed by atoms with E-state index in [-0.39, 0.29) is 5.78 Å². The van der Waals surface area contributed by atoms with Gasteiger partial charge in [0.1, 0.15) is 5.69 Å². The quantitative estimate of drug-likeness (QED) is 0.740. The first-order chi connectivity index (χ1) is 7.25. The molecule has 0 fully saturated rings. The molecular formula is C12H11NOS. The molecule has 0 amide bonds. The maximum Gasteiger partial charge on any atom is 0.185 e. The van der Waals surface area contributed by atoms with Gasteiger partial charge in [-0.1, -0.05) is 6.07 Å². The third-order valence-corrected chi connectivity index (χ3v) is 2.85. The van der Waals surface area contributed by atoms with E-state index in [1.165, 1.54) is 0 Å². The molecular weight excluding hydrogens is 206 g/mol. The largest absolute Gasteiger partial charge is 0.292 e. The van der Waals surface area contributed by atoms with E-state index >= 15 is 0 Å². The number of Topliss-reactive ketones (excluding diaryl/α,β-unsaturated/α-hetero) is 1. The molecule has 3 heteroatoms. The number of thiophene rings is 1. The maximum absolute atomic E-state index is 11.8. The van der Waals surface area contributed by atoms with Crippen molar-refractivity contribution in [2.75, 3.05) is 0 Å². The molecule has 0 atom stereocenters. The molecule has 0 N–H and O–H groups in total. The average molecular weight is 217 g/mol. The van der Waals surface area contributed by atoms with Crippen molar-refractivity contribution in [1.82, 2.24) is 4.98 Å². The molecule has 0 bridgehead atoms. The molecule has 2 nitrogen and oxygen atoms in total. The first-order valence-electron chi connectivity index (χ1n) is 4.73. The smallest absolute Gasteiger partial charge is 0.185 e. The molecule has 0 saturated carbocycles. The van der Waals surface area contributed by atoms with Gasteiger partial charge < -0.3 is 0 Å². The van der Waals surface area contributed by atoms with Crippen molar-refractivity contribution >= 4 is 17.1 Å². The molecule has 2 rings (SSSR count). The van der Waals surface area contributed by atoms with Crippen LogP contribution in [0.25, 0.3) is 0 Å². The van der Waals surface area contributed by atoms with Crippen LogP contribution in [0.3, 0.4) is 0 Å². The third kappa shape index (κ3) is 2.50. The Balaban J connectivity index is 2.15. The van der Waals surface area contributed by atoms with E-state index in [4.69, 9.17) is 0 Å².